The molecule has 2 atom stereocenters. The van der Waals surface area contributed by atoms with Crippen molar-refractivity contribution in [2.45, 2.75) is 44.9 Å². The van der Waals surface area contributed by atoms with E-state index in [-0.39, 0.29) is 24.4 Å². The number of halogens is 1. The first-order valence-electron chi connectivity index (χ1n) is 10.6. The van der Waals surface area contributed by atoms with Crippen molar-refractivity contribution in [3.63, 3.8) is 0 Å². The number of benzene rings is 2. The zero-order chi connectivity index (χ0) is 23.0. The maximum absolute atomic E-state index is 13.0. The average molecular weight is 473 g/mol. The molecule has 2 aromatic rings. The van der Waals surface area contributed by atoms with Crippen LogP contribution in [0.25, 0.3) is 0 Å². The van der Waals surface area contributed by atoms with Crippen LogP contribution in [0.2, 0.25) is 0 Å². The van der Waals surface area contributed by atoms with Crippen LogP contribution in [0.3, 0.4) is 0 Å². The first-order chi connectivity index (χ1) is 15.1. The number of amides is 2. The Hall–Kier alpha value is -2.94. The molecule has 2 aliphatic heterocycles. The van der Waals surface area contributed by atoms with Crippen molar-refractivity contribution >= 4 is 41.4 Å². The first-order valence-corrected chi connectivity index (χ1v) is 10.6. The number of ether oxygens (including phenoxy) is 1. The molecule has 2 amide bonds. The van der Waals surface area contributed by atoms with Crippen LogP contribution in [-0.4, -0.2) is 48.1 Å². The smallest absolute Gasteiger partial charge is 0.259 e. The van der Waals surface area contributed by atoms with Crippen LogP contribution in [0.4, 0.5) is 11.4 Å². The van der Waals surface area contributed by atoms with E-state index >= 15 is 0 Å². The van der Waals surface area contributed by atoms with E-state index in [1.807, 2.05) is 24.3 Å². The van der Waals surface area contributed by atoms with E-state index in [0.29, 0.717) is 30.3 Å². The summed E-state index contributed by atoms with van der Waals surface area (Å²) in [6, 6.07) is 13.0. The number of fused-ring (bicyclic) bond motifs is 1. The maximum Gasteiger partial charge on any atom is 0.259 e. The van der Waals surface area contributed by atoms with Gasteiger partial charge >= 0.3 is 0 Å². The maximum atomic E-state index is 13.0. The summed E-state index contributed by atoms with van der Waals surface area (Å²) in [5.41, 5.74) is 9.90. The number of carbonyl (C=O) groups excluding carboxylic acids is 2. The van der Waals surface area contributed by atoms with Crippen LogP contribution in [0.15, 0.2) is 47.5 Å². The summed E-state index contributed by atoms with van der Waals surface area (Å²) in [6.07, 6.45) is -2.92. The number of aliphatic imine (C=N–C) groups is 1. The number of nitrogens with two attached hydrogens (primary N) is 1. The number of morpholine rings is 1. The number of carbonyl (C=O) groups is 2. The lowest BCUT2D eigenvalue weighted by Crippen LogP contribution is -2.55. The SMILES string of the molecule is CC(C)(C)c1ccc(N2CCO[C@H]([C@@H](O)C(=O)Nc3ccc4c(c3)CN=C4N)C2=O)cc1.Cl. The van der Waals surface area contributed by atoms with Crippen molar-refractivity contribution in [1.82, 2.24) is 0 Å². The van der Waals surface area contributed by atoms with Gasteiger partial charge < -0.3 is 25.8 Å². The fourth-order valence-corrected chi connectivity index (χ4v) is 3.89. The third-order valence-electron chi connectivity index (χ3n) is 5.79. The van der Waals surface area contributed by atoms with Crippen molar-refractivity contribution in [1.29, 1.82) is 0 Å². The number of anilines is 2. The van der Waals surface area contributed by atoms with E-state index in [0.717, 1.165) is 16.7 Å². The highest BCUT2D eigenvalue weighted by Crippen LogP contribution is 2.27. The second kappa shape index (κ2) is 9.51. The second-order valence-electron chi connectivity index (χ2n) is 9.09. The van der Waals surface area contributed by atoms with E-state index in [1.54, 1.807) is 23.1 Å². The lowest BCUT2D eigenvalue weighted by Gasteiger charge is -2.34. The molecular weight excluding hydrogens is 444 g/mol. The van der Waals surface area contributed by atoms with Crippen molar-refractivity contribution in [3.8, 4) is 0 Å². The summed E-state index contributed by atoms with van der Waals surface area (Å²) in [5, 5.41) is 13.2. The van der Waals surface area contributed by atoms with Gasteiger partial charge in [0.2, 0.25) is 0 Å². The van der Waals surface area contributed by atoms with Gasteiger partial charge in [-0.15, -0.1) is 12.4 Å². The number of hydrogen-bond donors (Lipinski definition) is 3. The van der Waals surface area contributed by atoms with E-state index in [1.165, 1.54) is 0 Å². The Balaban J connectivity index is 0.00000306. The highest BCUT2D eigenvalue weighted by molar-refractivity contribution is 6.04. The number of nitrogens with zero attached hydrogens (tertiary/aromatic N) is 2. The predicted molar refractivity (Wildman–Crippen MR) is 130 cm³/mol. The number of amidine groups is 1. The van der Waals surface area contributed by atoms with Crippen molar-refractivity contribution in [2.75, 3.05) is 23.4 Å². The largest absolute Gasteiger partial charge is 0.383 e. The highest BCUT2D eigenvalue weighted by atomic mass is 35.5. The topological polar surface area (TPSA) is 117 Å². The Bertz CT molecular complexity index is 1080. The molecule has 9 heteroatoms. The molecule has 0 unspecified atom stereocenters. The minimum atomic E-state index is -1.64. The van der Waals surface area contributed by atoms with Crippen molar-refractivity contribution in [2.24, 2.45) is 10.7 Å². The quantitative estimate of drug-likeness (QED) is 0.631. The number of aliphatic hydroxyl groups is 1. The molecule has 0 radical (unpaired) electrons. The van der Waals surface area contributed by atoms with Crippen molar-refractivity contribution in [3.05, 3.63) is 59.2 Å². The molecule has 33 heavy (non-hydrogen) atoms. The molecule has 2 aromatic carbocycles. The Morgan fingerprint density at radius 2 is 1.94 bits per heavy atom. The second-order valence-corrected chi connectivity index (χ2v) is 9.09. The van der Waals surface area contributed by atoms with Crippen LogP contribution >= 0.6 is 12.4 Å². The molecule has 0 bridgehead atoms. The number of nitrogens with one attached hydrogen (secondary N) is 1. The molecule has 2 aliphatic rings. The molecule has 1 saturated heterocycles. The Labute approximate surface area is 199 Å². The van der Waals surface area contributed by atoms with Gasteiger partial charge in [0.25, 0.3) is 11.8 Å². The van der Waals surface area contributed by atoms with E-state index in [2.05, 4.69) is 31.1 Å². The monoisotopic (exact) mass is 472 g/mol. The van der Waals surface area contributed by atoms with Crippen LogP contribution in [0.5, 0.6) is 0 Å². The van der Waals surface area contributed by atoms with E-state index in [9.17, 15) is 14.7 Å². The minimum absolute atomic E-state index is 0. The molecule has 4 N–H and O–H groups in total. The number of rotatable bonds is 4. The highest BCUT2D eigenvalue weighted by Gasteiger charge is 2.39. The normalized spacial score (nSPS) is 18.8. The summed E-state index contributed by atoms with van der Waals surface area (Å²) >= 11 is 0. The fourth-order valence-electron chi connectivity index (χ4n) is 3.89. The van der Waals surface area contributed by atoms with Gasteiger partial charge in [-0.2, -0.15) is 0 Å². The van der Waals surface area contributed by atoms with Gasteiger partial charge in [-0.05, 0) is 46.9 Å². The molecule has 0 aromatic heterocycles. The summed E-state index contributed by atoms with van der Waals surface area (Å²) in [5.74, 6) is -0.688. The van der Waals surface area contributed by atoms with Crippen LogP contribution < -0.4 is 16.0 Å². The molecule has 2 heterocycles. The molecule has 1 fully saturated rings. The van der Waals surface area contributed by atoms with Crippen molar-refractivity contribution < 1.29 is 19.4 Å². The molecule has 176 valence electrons. The van der Waals surface area contributed by atoms with Gasteiger partial charge in [-0.1, -0.05) is 32.9 Å². The minimum Gasteiger partial charge on any atom is -0.383 e. The summed E-state index contributed by atoms with van der Waals surface area (Å²) < 4.78 is 5.49. The Morgan fingerprint density at radius 1 is 1.24 bits per heavy atom. The summed E-state index contributed by atoms with van der Waals surface area (Å²) in [6.45, 7) is 7.38. The number of hydrogen-bond acceptors (Lipinski definition) is 6. The zero-order valence-corrected chi connectivity index (χ0v) is 19.7. The van der Waals surface area contributed by atoms with Crippen LogP contribution in [0.1, 0.15) is 37.5 Å². The lowest BCUT2D eigenvalue weighted by atomic mass is 9.87. The van der Waals surface area contributed by atoms with Gasteiger partial charge in [0.1, 0.15) is 5.84 Å². The fraction of sp³-hybridized carbons (Fsp3) is 0.375. The molecule has 0 aliphatic carbocycles. The van der Waals surface area contributed by atoms with E-state index < -0.39 is 24.0 Å². The van der Waals surface area contributed by atoms with Gasteiger partial charge in [-0.25, -0.2) is 0 Å². The standard InChI is InChI=1S/C24H28N4O4.ClH/c1-24(2,3)15-4-7-17(8-5-15)28-10-11-32-20(23(28)31)19(29)22(30)27-16-6-9-18-14(12-16)13-26-21(18)25;/h4-9,12,19-20,29H,10-11,13H2,1-3H3,(H2,25,26)(H,27,30);1H/t19-,20-;/m1./s1. The van der Waals surface area contributed by atoms with Gasteiger partial charge in [0.15, 0.2) is 12.2 Å². The number of aliphatic hydroxyl groups excluding tert-OH is 1. The van der Waals surface area contributed by atoms with Gasteiger partial charge in [0, 0.05) is 23.5 Å². The first kappa shape index (κ1) is 24.7. The van der Waals surface area contributed by atoms with Gasteiger partial charge in [-0.3, -0.25) is 14.6 Å². The molecular formula is C24H29ClN4O4. The molecule has 0 saturated carbocycles. The average Bonchev–Trinajstić information content (AvgIpc) is 3.13. The Morgan fingerprint density at radius 3 is 2.61 bits per heavy atom. The summed E-state index contributed by atoms with van der Waals surface area (Å²) in [4.78, 5) is 31.4. The van der Waals surface area contributed by atoms with E-state index in [4.69, 9.17) is 10.5 Å². The third kappa shape index (κ3) is 5.03. The van der Waals surface area contributed by atoms with Gasteiger partial charge in [0.05, 0.1) is 13.2 Å². The molecule has 8 nitrogen and oxygen atoms in total. The Kier molecular flexibility index (Phi) is 7.11. The molecule has 4 rings (SSSR count). The third-order valence-corrected chi connectivity index (χ3v) is 5.79. The van der Waals surface area contributed by atoms with Crippen LogP contribution in [0, 0.1) is 0 Å². The van der Waals surface area contributed by atoms with Crippen LogP contribution in [-0.2, 0) is 26.3 Å². The zero-order valence-electron chi connectivity index (χ0n) is 18.9. The summed E-state index contributed by atoms with van der Waals surface area (Å²) in [7, 11) is 0. The lowest BCUT2D eigenvalue weighted by molar-refractivity contribution is -0.150. The predicted octanol–water partition coefficient (Wildman–Crippen LogP) is 2.36. The molecule has 0 spiro atoms.